The second-order valence-corrected chi connectivity index (χ2v) is 9.40. The number of hydrogen-bond donors (Lipinski definition) is 2. The van der Waals surface area contributed by atoms with Crippen LogP contribution in [0.5, 0.6) is 11.5 Å². The molecular weight excluding hydrogens is 438 g/mol. The van der Waals surface area contributed by atoms with Gasteiger partial charge in [-0.05, 0) is 62.4 Å². The molecule has 164 valence electrons. The van der Waals surface area contributed by atoms with Crippen LogP contribution < -0.4 is 19.5 Å². The van der Waals surface area contributed by atoms with Crippen LogP contribution in [0.1, 0.15) is 21.5 Å². The third kappa shape index (κ3) is 4.71. The molecule has 0 spiro atoms. The van der Waals surface area contributed by atoms with Crippen LogP contribution in [0.2, 0.25) is 0 Å². The quantitative estimate of drug-likeness (QED) is 0.557. The SMILES string of the molecule is CNS(=O)(=O)c1cc(C(=O)Nc2nc(-c3ccc(OC)c(OC)c3)cs2)cc(C)c1C. The van der Waals surface area contributed by atoms with Crippen LogP contribution in [-0.4, -0.2) is 40.6 Å². The van der Waals surface area contributed by atoms with E-state index in [-0.39, 0.29) is 10.5 Å². The van der Waals surface area contributed by atoms with Crippen LogP contribution in [-0.2, 0) is 10.0 Å². The van der Waals surface area contributed by atoms with Gasteiger partial charge in [0.15, 0.2) is 16.6 Å². The van der Waals surface area contributed by atoms with Gasteiger partial charge in [-0.25, -0.2) is 18.1 Å². The first kappa shape index (κ1) is 22.7. The van der Waals surface area contributed by atoms with Gasteiger partial charge in [0.1, 0.15) is 0 Å². The third-order valence-electron chi connectivity index (χ3n) is 4.84. The van der Waals surface area contributed by atoms with E-state index in [4.69, 9.17) is 9.47 Å². The van der Waals surface area contributed by atoms with E-state index in [1.807, 2.05) is 11.4 Å². The summed E-state index contributed by atoms with van der Waals surface area (Å²) in [5.41, 5.74) is 3.00. The zero-order chi connectivity index (χ0) is 22.8. The number of rotatable bonds is 7. The highest BCUT2D eigenvalue weighted by molar-refractivity contribution is 7.89. The Kier molecular flexibility index (Phi) is 6.63. The second-order valence-electron chi connectivity index (χ2n) is 6.69. The van der Waals surface area contributed by atoms with Crippen LogP contribution in [0, 0.1) is 13.8 Å². The molecule has 2 N–H and O–H groups in total. The Morgan fingerprint density at radius 2 is 1.77 bits per heavy atom. The third-order valence-corrected chi connectivity index (χ3v) is 7.14. The predicted molar refractivity (Wildman–Crippen MR) is 121 cm³/mol. The van der Waals surface area contributed by atoms with Crippen LogP contribution in [0.3, 0.4) is 0 Å². The number of ether oxygens (including phenoxy) is 2. The molecule has 3 aromatic rings. The van der Waals surface area contributed by atoms with Crippen molar-refractivity contribution < 1.29 is 22.7 Å². The maximum Gasteiger partial charge on any atom is 0.257 e. The van der Waals surface area contributed by atoms with Crippen molar-refractivity contribution in [1.29, 1.82) is 0 Å². The van der Waals surface area contributed by atoms with Crippen LogP contribution in [0.25, 0.3) is 11.3 Å². The number of aryl methyl sites for hydroxylation is 1. The molecule has 0 unspecified atom stereocenters. The predicted octanol–water partition coefficient (Wildman–Crippen LogP) is 3.60. The van der Waals surface area contributed by atoms with E-state index in [2.05, 4.69) is 15.0 Å². The normalized spacial score (nSPS) is 11.3. The minimum absolute atomic E-state index is 0.0744. The fourth-order valence-electron chi connectivity index (χ4n) is 2.98. The first-order chi connectivity index (χ1) is 14.7. The van der Waals surface area contributed by atoms with Gasteiger partial charge in [0.25, 0.3) is 5.91 Å². The molecule has 0 aliphatic carbocycles. The number of thiazole rings is 1. The number of methoxy groups -OCH3 is 2. The Morgan fingerprint density at radius 1 is 1.06 bits per heavy atom. The zero-order valence-corrected chi connectivity index (χ0v) is 19.4. The van der Waals surface area contributed by atoms with Gasteiger partial charge in [0.2, 0.25) is 10.0 Å². The van der Waals surface area contributed by atoms with E-state index in [1.165, 1.54) is 24.5 Å². The summed E-state index contributed by atoms with van der Waals surface area (Å²) < 4.78 is 37.4. The second kappa shape index (κ2) is 9.04. The average Bonchev–Trinajstić information content (AvgIpc) is 3.23. The summed E-state index contributed by atoms with van der Waals surface area (Å²) in [5.74, 6) is 0.743. The van der Waals surface area contributed by atoms with Crippen LogP contribution >= 0.6 is 11.3 Å². The van der Waals surface area contributed by atoms with E-state index < -0.39 is 15.9 Å². The molecule has 0 fully saturated rings. The summed E-state index contributed by atoms with van der Waals surface area (Å²) in [4.78, 5) is 17.3. The van der Waals surface area contributed by atoms with E-state index >= 15 is 0 Å². The highest BCUT2D eigenvalue weighted by atomic mass is 32.2. The minimum atomic E-state index is -3.69. The van der Waals surface area contributed by atoms with Gasteiger partial charge in [0.05, 0.1) is 24.8 Å². The highest BCUT2D eigenvalue weighted by Crippen LogP contribution is 2.33. The maximum absolute atomic E-state index is 12.8. The molecular formula is C21H23N3O5S2. The van der Waals surface area contributed by atoms with E-state index in [9.17, 15) is 13.2 Å². The van der Waals surface area contributed by atoms with Crippen molar-refractivity contribution in [3.05, 3.63) is 52.4 Å². The molecule has 1 aromatic heterocycles. The number of hydrogen-bond acceptors (Lipinski definition) is 7. The smallest absolute Gasteiger partial charge is 0.257 e. The van der Waals surface area contributed by atoms with Gasteiger partial charge in [0, 0.05) is 16.5 Å². The first-order valence-electron chi connectivity index (χ1n) is 9.24. The van der Waals surface area contributed by atoms with Crippen LogP contribution in [0.4, 0.5) is 5.13 Å². The number of nitrogens with zero attached hydrogens (tertiary/aromatic N) is 1. The minimum Gasteiger partial charge on any atom is -0.493 e. The number of nitrogens with one attached hydrogen (secondary N) is 2. The van der Waals surface area contributed by atoms with Crippen LogP contribution in [0.15, 0.2) is 40.6 Å². The molecule has 0 bridgehead atoms. The molecule has 1 heterocycles. The topological polar surface area (TPSA) is 107 Å². The number of benzene rings is 2. The summed E-state index contributed by atoms with van der Waals surface area (Å²) in [6, 6.07) is 8.46. The molecule has 0 radical (unpaired) electrons. The van der Waals surface area contributed by atoms with Gasteiger partial charge in [-0.2, -0.15) is 0 Å². The Bertz CT molecular complexity index is 1240. The lowest BCUT2D eigenvalue weighted by atomic mass is 10.1. The number of carbonyl (C=O) groups excluding carboxylic acids is 1. The Labute approximate surface area is 185 Å². The Morgan fingerprint density at radius 3 is 2.42 bits per heavy atom. The van der Waals surface area contributed by atoms with Crippen molar-refractivity contribution >= 4 is 32.4 Å². The summed E-state index contributed by atoms with van der Waals surface area (Å²) >= 11 is 1.27. The average molecular weight is 462 g/mol. The number of amides is 1. The lowest BCUT2D eigenvalue weighted by Gasteiger charge is -2.12. The number of sulfonamides is 1. The molecule has 2 aromatic carbocycles. The molecule has 0 saturated heterocycles. The van der Waals surface area contributed by atoms with Gasteiger partial charge in [-0.3, -0.25) is 10.1 Å². The summed E-state index contributed by atoms with van der Waals surface area (Å²) in [6.07, 6.45) is 0. The van der Waals surface area contributed by atoms with Crippen molar-refractivity contribution in [1.82, 2.24) is 9.71 Å². The molecule has 0 aliphatic rings. The highest BCUT2D eigenvalue weighted by Gasteiger charge is 2.20. The standard InChI is InChI=1S/C21H23N3O5S2/c1-12-8-15(10-19(13(12)2)31(26,27)22-3)20(25)24-21-23-16(11-30-21)14-6-7-17(28-4)18(9-14)29-5/h6-11,22H,1-5H3,(H,23,24,25). The fraction of sp³-hybridized carbons (Fsp3) is 0.238. The van der Waals surface area contributed by atoms with E-state index in [1.54, 1.807) is 46.3 Å². The fourth-order valence-corrected chi connectivity index (χ4v) is 4.76. The van der Waals surface area contributed by atoms with Gasteiger partial charge in [-0.15, -0.1) is 11.3 Å². The molecule has 31 heavy (non-hydrogen) atoms. The molecule has 1 amide bonds. The lowest BCUT2D eigenvalue weighted by molar-refractivity contribution is 0.102. The van der Waals surface area contributed by atoms with E-state index in [0.717, 1.165) is 5.56 Å². The molecule has 0 atom stereocenters. The lowest BCUT2D eigenvalue weighted by Crippen LogP contribution is -2.21. The molecule has 0 aliphatic heterocycles. The largest absolute Gasteiger partial charge is 0.493 e. The first-order valence-corrected chi connectivity index (χ1v) is 11.6. The molecule has 8 nitrogen and oxygen atoms in total. The monoisotopic (exact) mass is 461 g/mol. The summed E-state index contributed by atoms with van der Waals surface area (Å²) in [5, 5.41) is 4.95. The van der Waals surface area contributed by atoms with Gasteiger partial charge >= 0.3 is 0 Å². The van der Waals surface area contributed by atoms with Crippen molar-refractivity contribution in [2.45, 2.75) is 18.7 Å². The Hall–Kier alpha value is -2.95. The van der Waals surface area contributed by atoms with E-state index in [0.29, 0.717) is 33.5 Å². The Balaban J connectivity index is 1.87. The molecule has 10 heteroatoms. The number of anilines is 1. The van der Waals surface area contributed by atoms with Crippen molar-refractivity contribution in [2.75, 3.05) is 26.6 Å². The van der Waals surface area contributed by atoms with Crippen molar-refractivity contribution in [3.63, 3.8) is 0 Å². The summed E-state index contributed by atoms with van der Waals surface area (Å²) in [7, 11) is 0.765. The van der Waals surface area contributed by atoms with Gasteiger partial charge < -0.3 is 9.47 Å². The zero-order valence-electron chi connectivity index (χ0n) is 17.8. The van der Waals surface area contributed by atoms with Crippen molar-refractivity contribution in [3.8, 4) is 22.8 Å². The maximum atomic E-state index is 12.8. The molecule has 0 saturated carbocycles. The van der Waals surface area contributed by atoms with Gasteiger partial charge in [-0.1, -0.05) is 0 Å². The van der Waals surface area contributed by atoms with Crippen molar-refractivity contribution in [2.24, 2.45) is 0 Å². The molecule has 3 rings (SSSR count). The number of aromatic nitrogens is 1. The summed E-state index contributed by atoms with van der Waals surface area (Å²) in [6.45, 7) is 3.47. The number of carbonyl (C=O) groups is 1.